The van der Waals surface area contributed by atoms with Crippen LogP contribution >= 0.6 is 0 Å². The summed E-state index contributed by atoms with van der Waals surface area (Å²) in [6, 6.07) is 0. The van der Waals surface area contributed by atoms with Crippen LogP contribution in [0.2, 0.25) is 0 Å². The van der Waals surface area contributed by atoms with Crippen LogP contribution in [-0.2, 0) is 19.6 Å². The number of hydrogen-bond acceptors (Lipinski definition) is 3. The van der Waals surface area contributed by atoms with Crippen molar-refractivity contribution in [3.8, 4) is 0 Å². The van der Waals surface area contributed by atoms with E-state index in [0.717, 1.165) is 58.9 Å². The standard InChI is InChI=1S/C30H45N3/c1-10-16-31(17-11-2)22-28-25(7)29(23-32(18-12-3)19-13-4)27(9)30(26(28)8)24-33(20-14-5)21-15-6/h10-15H,1-6,16-24H2,7-9H3. The van der Waals surface area contributed by atoms with Gasteiger partial charge < -0.3 is 0 Å². The van der Waals surface area contributed by atoms with Gasteiger partial charge in [-0.1, -0.05) is 36.5 Å². The van der Waals surface area contributed by atoms with Gasteiger partial charge in [-0.2, -0.15) is 0 Å². The Morgan fingerprint density at radius 2 is 0.606 bits per heavy atom. The van der Waals surface area contributed by atoms with E-state index in [1.54, 1.807) is 0 Å². The van der Waals surface area contributed by atoms with E-state index in [9.17, 15) is 0 Å². The van der Waals surface area contributed by atoms with Crippen LogP contribution in [0.4, 0.5) is 0 Å². The third kappa shape index (κ3) is 8.43. The second-order valence-corrected chi connectivity index (χ2v) is 8.62. The second kappa shape index (κ2) is 15.4. The van der Waals surface area contributed by atoms with E-state index < -0.39 is 0 Å². The van der Waals surface area contributed by atoms with Crippen molar-refractivity contribution in [2.24, 2.45) is 0 Å². The first-order valence-corrected chi connectivity index (χ1v) is 11.8. The van der Waals surface area contributed by atoms with E-state index in [4.69, 9.17) is 0 Å². The van der Waals surface area contributed by atoms with Gasteiger partial charge in [0.15, 0.2) is 0 Å². The van der Waals surface area contributed by atoms with Crippen LogP contribution in [-0.4, -0.2) is 54.0 Å². The van der Waals surface area contributed by atoms with Crippen molar-refractivity contribution < 1.29 is 0 Å². The Morgan fingerprint density at radius 3 is 0.758 bits per heavy atom. The SMILES string of the molecule is C=CCN(CC=C)Cc1c(C)c(CN(CC=C)CC=C)c(C)c(CN(CC=C)CC=C)c1C. The van der Waals surface area contributed by atoms with Crippen molar-refractivity contribution in [3.63, 3.8) is 0 Å². The maximum Gasteiger partial charge on any atom is 0.0245 e. The lowest BCUT2D eigenvalue weighted by Gasteiger charge is -2.30. The molecule has 0 radical (unpaired) electrons. The molecule has 0 amide bonds. The minimum Gasteiger partial charge on any atom is -0.292 e. The molecule has 0 bridgehead atoms. The van der Waals surface area contributed by atoms with Crippen molar-refractivity contribution in [1.29, 1.82) is 0 Å². The summed E-state index contributed by atoms with van der Waals surface area (Å²) >= 11 is 0. The Kier molecular flexibility index (Phi) is 13.3. The topological polar surface area (TPSA) is 9.72 Å². The third-order valence-corrected chi connectivity index (χ3v) is 6.18. The largest absolute Gasteiger partial charge is 0.292 e. The zero-order valence-electron chi connectivity index (χ0n) is 21.4. The van der Waals surface area contributed by atoms with Gasteiger partial charge in [0, 0.05) is 58.9 Å². The van der Waals surface area contributed by atoms with Gasteiger partial charge in [0.1, 0.15) is 0 Å². The van der Waals surface area contributed by atoms with E-state index in [2.05, 4.69) is 74.9 Å². The molecule has 0 fully saturated rings. The predicted molar refractivity (Wildman–Crippen MR) is 148 cm³/mol. The highest BCUT2D eigenvalue weighted by Gasteiger charge is 2.21. The minimum atomic E-state index is 0.835. The fraction of sp³-hybridized carbons (Fsp3) is 0.400. The second-order valence-electron chi connectivity index (χ2n) is 8.62. The number of rotatable bonds is 18. The Hall–Kier alpha value is -2.46. The molecular weight excluding hydrogens is 402 g/mol. The molecular formula is C30H45N3. The van der Waals surface area contributed by atoms with Gasteiger partial charge in [0.25, 0.3) is 0 Å². The molecule has 0 atom stereocenters. The number of nitrogens with zero attached hydrogens (tertiary/aromatic N) is 3. The molecule has 33 heavy (non-hydrogen) atoms. The Labute approximate surface area is 203 Å². The highest BCUT2D eigenvalue weighted by Crippen LogP contribution is 2.30. The summed E-state index contributed by atoms with van der Waals surface area (Å²) in [4.78, 5) is 7.15. The van der Waals surface area contributed by atoms with E-state index >= 15 is 0 Å². The van der Waals surface area contributed by atoms with Crippen molar-refractivity contribution in [1.82, 2.24) is 14.7 Å². The summed E-state index contributed by atoms with van der Waals surface area (Å²) in [7, 11) is 0. The maximum atomic E-state index is 3.95. The molecule has 1 aromatic carbocycles. The summed E-state index contributed by atoms with van der Waals surface area (Å²) in [5.74, 6) is 0. The molecule has 0 spiro atoms. The van der Waals surface area contributed by atoms with Crippen LogP contribution in [0.15, 0.2) is 75.9 Å². The van der Waals surface area contributed by atoms with Crippen molar-refractivity contribution in [2.45, 2.75) is 40.4 Å². The number of benzene rings is 1. The van der Waals surface area contributed by atoms with Crippen LogP contribution in [0.5, 0.6) is 0 Å². The Bertz CT molecular complexity index is 673. The first kappa shape index (κ1) is 28.6. The normalized spacial score (nSPS) is 11.1. The van der Waals surface area contributed by atoms with Gasteiger partial charge in [0.2, 0.25) is 0 Å². The average Bonchev–Trinajstić information content (AvgIpc) is 2.78. The predicted octanol–water partition coefficient (Wildman–Crippen LogP) is 6.13. The fourth-order valence-corrected chi connectivity index (χ4v) is 4.48. The van der Waals surface area contributed by atoms with Crippen LogP contribution in [0.3, 0.4) is 0 Å². The number of hydrogen-bond donors (Lipinski definition) is 0. The quantitative estimate of drug-likeness (QED) is 0.251. The monoisotopic (exact) mass is 447 g/mol. The van der Waals surface area contributed by atoms with Crippen LogP contribution in [0.1, 0.15) is 33.4 Å². The molecule has 0 saturated heterocycles. The van der Waals surface area contributed by atoms with Gasteiger partial charge in [-0.25, -0.2) is 0 Å². The zero-order valence-corrected chi connectivity index (χ0v) is 21.4. The molecule has 0 unspecified atom stereocenters. The van der Waals surface area contributed by atoms with E-state index in [-0.39, 0.29) is 0 Å². The zero-order chi connectivity index (χ0) is 24.8. The highest BCUT2D eigenvalue weighted by molar-refractivity contribution is 5.51. The highest BCUT2D eigenvalue weighted by atomic mass is 15.1. The lowest BCUT2D eigenvalue weighted by molar-refractivity contribution is 0.313. The molecule has 3 nitrogen and oxygen atoms in total. The first-order chi connectivity index (χ1) is 15.9. The third-order valence-electron chi connectivity index (χ3n) is 6.18. The first-order valence-electron chi connectivity index (χ1n) is 11.8. The molecule has 0 aliphatic carbocycles. The summed E-state index contributed by atoms with van der Waals surface area (Å²) in [5.41, 5.74) is 8.35. The molecule has 0 aliphatic rings. The van der Waals surface area contributed by atoms with Crippen molar-refractivity contribution in [2.75, 3.05) is 39.3 Å². The van der Waals surface area contributed by atoms with Gasteiger partial charge in [-0.15, -0.1) is 39.5 Å². The van der Waals surface area contributed by atoms with Crippen LogP contribution in [0, 0.1) is 20.8 Å². The van der Waals surface area contributed by atoms with E-state index in [1.807, 2.05) is 36.5 Å². The van der Waals surface area contributed by atoms with E-state index in [0.29, 0.717) is 0 Å². The molecule has 0 N–H and O–H groups in total. The average molecular weight is 448 g/mol. The molecule has 0 aromatic heterocycles. The Morgan fingerprint density at radius 1 is 0.424 bits per heavy atom. The van der Waals surface area contributed by atoms with Gasteiger partial charge in [-0.05, 0) is 54.2 Å². The van der Waals surface area contributed by atoms with Gasteiger partial charge in [-0.3, -0.25) is 14.7 Å². The molecule has 0 saturated carbocycles. The molecule has 0 aliphatic heterocycles. The van der Waals surface area contributed by atoms with Crippen molar-refractivity contribution >= 4 is 0 Å². The summed E-state index contributed by atoms with van der Waals surface area (Å²) in [6.45, 7) is 38.2. The molecule has 0 heterocycles. The summed E-state index contributed by atoms with van der Waals surface area (Å²) in [5, 5.41) is 0. The van der Waals surface area contributed by atoms with Gasteiger partial charge >= 0.3 is 0 Å². The lowest BCUT2D eigenvalue weighted by Crippen LogP contribution is -2.29. The lowest BCUT2D eigenvalue weighted by atomic mass is 9.87. The molecule has 1 rings (SSSR count). The summed E-state index contributed by atoms with van der Waals surface area (Å²) < 4.78 is 0. The maximum absolute atomic E-state index is 3.95. The fourth-order valence-electron chi connectivity index (χ4n) is 4.48. The van der Waals surface area contributed by atoms with Crippen LogP contribution in [0.25, 0.3) is 0 Å². The van der Waals surface area contributed by atoms with Crippen LogP contribution < -0.4 is 0 Å². The van der Waals surface area contributed by atoms with E-state index in [1.165, 1.54) is 33.4 Å². The smallest absolute Gasteiger partial charge is 0.0245 e. The molecule has 3 heteroatoms. The molecule has 1 aromatic rings. The minimum absolute atomic E-state index is 0.835. The molecule has 180 valence electrons. The van der Waals surface area contributed by atoms with Gasteiger partial charge in [0.05, 0.1) is 0 Å². The van der Waals surface area contributed by atoms with Crippen molar-refractivity contribution in [3.05, 3.63) is 109 Å². The summed E-state index contributed by atoms with van der Waals surface area (Å²) in [6.07, 6.45) is 11.8. The Balaban J connectivity index is 3.63.